The van der Waals surface area contributed by atoms with Gasteiger partial charge in [0.25, 0.3) is 5.91 Å². The molecule has 0 unspecified atom stereocenters. The third-order valence-electron chi connectivity index (χ3n) is 6.91. The van der Waals surface area contributed by atoms with E-state index in [4.69, 9.17) is 10.5 Å². The highest BCUT2D eigenvalue weighted by Gasteiger charge is 2.39. The molecule has 1 aromatic heterocycles. The normalized spacial score (nSPS) is 16.4. The molecule has 10 heteroatoms. The molecule has 1 aliphatic rings. The van der Waals surface area contributed by atoms with Gasteiger partial charge < -0.3 is 20.7 Å². The zero-order valence-corrected chi connectivity index (χ0v) is 22.9. The van der Waals surface area contributed by atoms with Crippen LogP contribution in [0.15, 0.2) is 66.9 Å². The number of hydrogen-bond donors (Lipinski definition) is 2. The van der Waals surface area contributed by atoms with Gasteiger partial charge in [-0.1, -0.05) is 50.2 Å². The molecule has 0 radical (unpaired) electrons. The number of hydrogen-bond acceptors (Lipinski definition) is 7. The van der Waals surface area contributed by atoms with Crippen LogP contribution in [0, 0.1) is 5.92 Å². The number of nitrogens with two attached hydrogens (primary N) is 1. The van der Waals surface area contributed by atoms with Crippen LogP contribution in [0.2, 0.25) is 0 Å². The summed E-state index contributed by atoms with van der Waals surface area (Å²) >= 11 is 0. The molecule has 0 saturated carbocycles. The molecule has 4 amide bonds. The van der Waals surface area contributed by atoms with Gasteiger partial charge >= 0.3 is 6.09 Å². The summed E-state index contributed by atoms with van der Waals surface area (Å²) in [6.45, 7) is 5.52. The standard InChI is InChI=1S/C30H35N5O5/c1-19(2)26(33-27(36)25-12-8-16-34(25)28(37)20(3)31)29(38)35(30(39)40-18-21-9-5-4-6-10-21)23-13-14-24-22(17-23)11-7-15-32-24/h4-7,9-11,13-15,17,19-20,25-26H,8,12,16,18,31H2,1-3H3,(H,33,36)/t20-,25-,26-/m0/s1. The van der Waals surface area contributed by atoms with E-state index in [-0.39, 0.29) is 24.1 Å². The van der Waals surface area contributed by atoms with E-state index in [9.17, 15) is 19.2 Å². The van der Waals surface area contributed by atoms with Crippen molar-refractivity contribution in [3.05, 3.63) is 72.4 Å². The lowest BCUT2D eigenvalue weighted by atomic mass is 10.0. The fraction of sp³-hybridized carbons (Fsp3) is 0.367. The number of nitrogens with one attached hydrogen (secondary N) is 1. The Kier molecular flexibility index (Phi) is 9.11. The Morgan fingerprint density at radius 2 is 1.82 bits per heavy atom. The number of carbonyl (C=O) groups is 4. The van der Waals surface area contributed by atoms with Gasteiger partial charge in [-0.25, -0.2) is 9.69 Å². The summed E-state index contributed by atoms with van der Waals surface area (Å²) < 4.78 is 5.56. The first kappa shape index (κ1) is 28.7. The van der Waals surface area contributed by atoms with E-state index in [1.165, 1.54) is 4.90 Å². The van der Waals surface area contributed by atoms with Gasteiger partial charge in [-0.05, 0) is 55.5 Å². The second-order valence-corrected chi connectivity index (χ2v) is 10.3. The van der Waals surface area contributed by atoms with Crippen LogP contribution in [0.5, 0.6) is 0 Å². The van der Waals surface area contributed by atoms with Crippen molar-refractivity contribution in [3.63, 3.8) is 0 Å². The summed E-state index contributed by atoms with van der Waals surface area (Å²) in [6.07, 6.45) is 1.90. The highest BCUT2D eigenvalue weighted by Crippen LogP contribution is 2.25. The van der Waals surface area contributed by atoms with E-state index in [1.807, 2.05) is 36.4 Å². The first-order chi connectivity index (χ1) is 19.2. The molecular formula is C30H35N5O5. The zero-order valence-electron chi connectivity index (χ0n) is 22.9. The van der Waals surface area contributed by atoms with E-state index >= 15 is 0 Å². The van der Waals surface area contributed by atoms with E-state index in [2.05, 4.69) is 10.3 Å². The largest absolute Gasteiger partial charge is 0.444 e. The highest BCUT2D eigenvalue weighted by atomic mass is 16.6. The zero-order chi connectivity index (χ0) is 28.8. The molecule has 3 N–H and O–H groups in total. The number of ether oxygens (including phenoxy) is 1. The molecule has 10 nitrogen and oxygen atoms in total. The van der Waals surface area contributed by atoms with Crippen molar-refractivity contribution >= 4 is 40.4 Å². The van der Waals surface area contributed by atoms with E-state index in [0.29, 0.717) is 24.9 Å². The molecule has 2 aromatic carbocycles. The van der Waals surface area contributed by atoms with Crippen LogP contribution in [-0.4, -0.2) is 58.4 Å². The smallest absolute Gasteiger partial charge is 0.421 e. The third-order valence-corrected chi connectivity index (χ3v) is 6.91. The molecule has 210 valence electrons. The predicted octanol–water partition coefficient (Wildman–Crippen LogP) is 3.38. The monoisotopic (exact) mass is 545 g/mol. The fourth-order valence-corrected chi connectivity index (χ4v) is 4.78. The van der Waals surface area contributed by atoms with Gasteiger partial charge in [0.2, 0.25) is 11.8 Å². The summed E-state index contributed by atoms with van der Waals surface area (Å²) in [5.74, 6) is -1.80. The van der Waals surface area contributed by atoms with Gasteiger partial charge in [0.05, 0.1) is 17.2 Å². The van der Waals surface area contributed by atoms with Crippen LogP contribution in [-0.2, 0) is 25.7 Å². The van der Waals surface area contributed by atoms with Crippen LogP contribution in [0.3, 0.4) is 0 Å². The van der Waals surface area contributed by atoms with E-state index in [0.717, 1.165) is 15.8 Å². The van der Waals surface area contributed by atoms with Crippen LogP contribution >= 0.6 is 0 Å². The molecule has 2 heterocycles. The minimum atomic E-state index is -1.06. The number of likely N-dealkylation sites (tertiary alicyclic amines) is 1. The van der Waals surface area contributed by atoms with Crippen LogP contribution in [0.1, 0.15) is 39.2 Å². The Balaban J connectivity index is 1.62. The molecule has 1 saturated heterocycles. The Labute approximate surface area is 233 Å². The molecular weight excluding hydrogens is 510 g/mol. The molecule has 1 fully saturated rings. The van der Waals surface area contributed by atoms with Gasteiger partial charge in [0.15, 0.2) is 0 Å². The third kappa shape index (κ3) is 6.45. The average molecular weight is 546 g/mol. The summed E-state index contributed by atoms with van der Waals surface area (Å²) in [5.41, 5.74) is 7.54. The summed E-state index contributed by atoms with van der Waals surface area (Å²) in [4.78, 5) is 60.2. The Morgan fingerprint density at radius 3 is 2.52 bits per heavy atom. The number of nitrogens with zero attached hydrogens (tertiary/aromatic N) is 3. The fourth-order valence-electron chi connectivity index (χ4n) is 4.78. The van der Waals surface area contributed by atoms with Gasteiger partial charge in [-0.3, -0.25) is 19.4 Å². The summed E-state index contributed by atoms with van der Waals surface area (Å²) in [6, 6.07) is 15.2. The molecule has 4 rings (SSSR count). The van der Waals surface area contributed by atoms with Gasteiger partial charge in [0, 0.05) is 18.1 Å². The Morgan fingerprint density at radius 1 is 1.07 bits per heavy atom. The number of rotatable bonds is 8. The number of imide groups is 1. The number of benzene rings is 2. The number of pyridine rings is 1. The van der Waals surface area contributed by atoms with Crippen LogP contribution in [0.25, 0.3) is 10.9 Å². The Hall–Kier alpha value is -4.31. The van der Waals surface area contributed by atoms with E-state index < -0.39 is 36.0 Å². The van der Waals surface area contributed by atoms with Crippen molar-refractivity contribution in [2.45, 2.75) is 58.3 Å². The number of carbonyl (C=O) groups excluding carboxylic acids is 4. The van der Waals surface area contributed by atoms with Crippen molar-refractivity contribution in [2.75, 3.05) is 11.4 Å². The van der Waals surface area contributed by atoms with Crippen molar-refractivity contribution in [1.29, 1.82) is 0 Å². The molecule has 40 heavy (non-hydrogen) atoms. The van der Waals surface area contributed by atoms with E-state index in [1.54, 1.807) is 51.2 Å². The Bertz CT molecular complexity index is 1380. The second kappa shape index (κ2) is 12.7. The SMILES string of the molecule is CC(C)[C@H](NC(=O)[C@@H]1CCCN1C(=O)[C@H](C)N)C(=O)N(C(=O)OCc1ccccc1)c1ccc2ncccc2c1. The molecule has 0 aliphatic carbocycles. The summed E-state index contributed by atoms with van der Waals surface area (Å²) in [7, 11) is 0. The number of aromatic nitrogens is 1. The lowest BCUT2D eigenvalue weighted by Crippen LogP contribution is -2.57. The number of anilines is 1. The quantitative estimate of drug-likeness (QED) is 0.443. The molecule has 3 atom stereocenters. The van der Waals surface area contributed by atoms with Crippen LogP contribution in [0.4, 0.5) is 10.5 Å². The summed E-state index contributed by atoms with van der Waals surface area (Å²) in [5, 5.41) is 3.54. The maximum atomic E-state index is 14.0. The highest BCUT2D eigenvalue weighted by molar-refractivity contribution is 6.15. The van der Waals surface area contributed by atoms with Gasteiger partial charge in [0.1, 0.15) is 18.7 Å². The molecule has 1 aliphatic heterocycles. The molecule has 0 bridgehead atoms. The number of amides is 4. The molecule has 0 spiro atoms. The topological polar surface area (TPSA) is 135 Å². The van der Waals surface area contributed by atoms with Gasteiger partial charge in [-0.15, -0.1) is 0 Å². The van der Waals surface area contributed by atoms with Gasteiger partial charge in [-0.2, -0.15) is 0 Å². The van der Waals surface area contributed by atoms with Crippen molar-refractivity contribution in [2.24, 2.45) is 11.7 Å². The second-order valence-electron chi connectivity index (χ2n) is 10.3. The predicted molar refractivity (Wildman–Crippen MR) is 151 cm³/mol. The average Bonchev–Trinajstić information content (AvgIpc) is 3.44. The number of fused-ring (bicyclic) bond motifs is 1. The minimum Gasteiger partial charge on any atom is -0.444 e. The first-order valence-corrected chi connectivity index (χ1v) is 13.4. The molecule has 3 aromatic rings. The van der Waals surface area contributed by atoms with Crippen molar-refractivity contribution in [3.8, 4) is 0 Å². The lowest BCUT2D eigenvalue weighted by Gasteiger charge is -2.31. The van der Waals surface area contributed by atoms with Crippen molar-refractivity contribution in [1.82, 2.24) is 15.2 Å². The van der Waals surface area contributed by atoms with Crippen molar-refractivity contribution < 1.29 is 23.9 Å². The maximum absolute atomic E-state index is 14.0. The van der Waals surface area contributed by atoms with Crippen LogP contribution < -0.4 is 16.0 Å². The first-order valence-electron chi connectivity index (χ1n) is 13.4. The minimum absolute atomic E-state index is 0.0340. The maximum Gasteiger partial charge on any atom is 0.421 e. The lowest BCUT2D eigenvalue weighted by molar-refractivity contribution is -0.140.